The largest absolute Gasteiger partial charge is 0.352 e. The first kappa shape index (κ1) is 15.5. The summed E-state index contributed by atoms with van der Waals surface area (Å²) in [5.41, 5.74) is 0. The van der Waals surface area contributed by atoms with E-state index in [1.165, 1.54) is 25.7 Å². The highest BCUT2D eigenvalue weighted by Gasteiger charge is 2.23. The van der Waals surface area contributed by atoms with Gasteiger partial charge in [-0.3, -0.25) is 4.79 Å². The monoisotopic (exact) mass is 254 g/mol. The summed E-state index contributed by atoms with van der Waals surface area (Å²) in [6.07, 6.45) is 7.08. The fourth-order valence-electron chi connectivity index (χ4n) is 2.83. The highest BCUT2D eigenvalue weighted by atomic mass is 16.2. The van der Waals surface area contributed by atoms with Crippen molar-refractivity contribution in [1.29, 1.82) is 0 Å². The van der Waals surface area contributed by atoms with Crippen molar-refractivity contribution in [3.8, 4) is 0 Å². The fourth-order valence-corrected chi connectivity index (χ4v) is 2.83. The van der Waals surface area contributed by atoms with E-state index in [9.17, 15) is 4.79 Å². The number of amides is 1. The summed E-state index contributed by atoms with van der Waals surface area (Å²) in [4.78, 5) is 12.1. The maximum Gasteiger partial charge on any atom is 0.237 e. The van der Waals surface area contributed by atoms with E-state index < -0.39 is 0 Å². The summed E-state index contributed by atoms with van der Waals surface area (Å²) >= 11 is 0. The summed E-state index contributed by atoms with van der Waals surface area (Å²) in [5, 5.41) is 6.61. The average molecular weight is 254 g/mol. The predicted molar refractivity (Wildman–Crippen MR) is 76.5 cm³/mol. The van der Waals surface area contributed by atoms with Gasteiger partial charge in [-0.15, -0.1) is 0 Å². The van der Waals surface area contributed by atoms with E-state index in [1.807, 2.05) is 6.92 Å². The zero-order chi connectivity index (χ0) is 13.5. The number of carbonyl (C=O) groups excluding carboxylic acids is 1. The van der Waals surface area contributed by atoms with Gasteiger partial charge in [0.15, 0.2) is 0 Å². The Kier molecular flexibility index (Phi) is 6.69. The van der Waals surface area contributed by atoms with E-state index in [0.717, 1.165) is 18.8 Å². The van der Waals surface area contributed by atoms with Crippen LogP contribution >= 0.6 is 0 Å². The standard InChI is InChI=1S/C15H30N2O/c1-5-13(6-2)17-15(18)12(4)16-14-9-7-8-11(3)10-14/h11-14,16H,5-10H2,1-4H3,(H,17,18). The van der Waals surface area contributed by atoms with Crippen LogP contribution in [0.15, 0.2) is 0 Å². The lowest BCUT2D eigenvalue weighted by atomic mass is 9.87. The summed E-state index contributed by atoms with van der Waals surface area (Å²) in [5.74, 6) is 0.951. The molecular formula is C15H30N2O. The molecule has 0 aliphatic heterocycles. The predicted octanol–water partition coefficient (Wildman–Crippen LogP) is 2.85. The van der Waals surface area contributed by atoms with Crippen molar-refractivity contribution in [2.75, 3.05) is 0 Å². The molecule has 2 N–H and O–H groups in total. The minimum Gasteiger partial charge on any atom is -0.352 e. The number of hydrogen-bond donors (Lipinski definition) is 2. The zero-order valence-corrected chi connectivity index (χ0v) is 12.5. The third-order valence-electron chi connectivity index (χ3n) is 4.15. The van der Waals surface area contributed by atoms with Crippen LogP contribution in [-0.2, 0) is 4.79 Å². The molecule has 0 radical (unpaired) electrons. The Hall–Kier alpha value is -0.570. The van der Waals surface area contributed by atoms with E-state index in [2.05, 4.69) is 31.4 Å². The van der Waals surface area contributed by atoms with E-state index in [1.54, 1.807) is 0 Å². The molecular weight excluding hydrogens is 224 g/mol. The molecule has 1 aliphatic rings. The highest BCUT2D eigenvalue weighted by molar-refractivity contribution is 5.81. The maximum absolute atomic E-state index is 12.1. The SMILES string of the molecule is CCC(CC)NC(=O)C(C)NC1CCCC(C)C1. The summed E-state index contributed by atoms with van der Waals surface area (Å²) < 4.78 is 0. The molecule has 106 valence electrons. The second-order valence-corrected chi connectivity index (χ2v) is 5.88. The van der Waals surface area contributed by atoms with Crippen LogP contribution in [0, 0.1) is 5.92 Å². The van der Waals surface area contributed by atoms with E-state index in [-0.39, 0.29) is 11.9 Å². The van der Waals surface area contributed by atoms with Crippen LogP contribution in [0.3, 0.4) is 0 Å². The van der Waals surface area contributed by atoms with Gasteiger partial charge in [-0.2, -0.15) is 0 Å². The minimum absolute atomic E-state index is 0.0686. The quantitative estimate of drug-likeness (QED) is 0.765. The zero-order valence-electron chi connectivity index (χ0n) is 12.5. The fraction of sp³-hybridized carbons (Fsp3) is 0.933. The molecule has 1 saturated carbocycles. The van der Waals surface area contributed by atoms with Crippen LogP contribution in [0.2, 0.25) is 0 Å². The molecule has 3 heteroatoms. The molecule has 1 aliphatic carbocycles. The first-order chi connectivity index (χ1) is 8.56. The smallest absolute Gasteiger partial charge is 0.237 e. The van der Waals surface area contributed by atoms with Crippen molar-refractivity contribution in [3.63, 3.8) is 0 Å². The first-order valence-electron chi connectivity index (χ1n) is 7.63. The molecule has 0 aromatic heterocycles. The van der Waals surface area contributed by atoms with Crippen LogP contribution in [0.1, 0.15) is 66.2 Å². The van der Waals surface area contributed by atoms with Crippen LogP contribution in [0.4, 0.5) is 0 Å². The molecule has 0 heterocycles. The van der Waals surface area contributed by atoms with Crippen LogP contribution in [-0.4, -0.2) is 24.0 Å². The Balaban J connectivity index is 2.34. The van der Waals surface area contributed by atoms with Gasteiger partial charge in [0.2, 0.25) is 5.91 Å². The Morgan fingerprint density at radius 3 is 2.50 bits per heavy atom. The average Bonchev–Trinajstić information content (AvgIpc) is 2.35. The summed E-state index contributed by atoms with van der Waals surface area (Å²) in [7, 11) is 0. The summed E-state index contributed by atoms with van der Waals surface area (Å²) in [6, 6.07) is 0.782. The Labute approximate surface area is 112 Å². The molecule has 0 bridgehead atoms. The maximum atomic E-state index is 12.1. The van der Waals surface area contributed by atoms with Crippen LogP contribution in [0.5, 0.6) is 0 Å². The van der Waals surface area contributed by atoms with Crippen molar-refractivity contribution in [3.05, 3.63) is 0 Å². The molecule has 0 spiro atoms. The van der Waals surface area contributed by atoms with Gasteiger partial charge in [-0.25, -0.2) is 0 Å². The number of hydrogen-bond acceptors (Lipinski definition) is 2. The number of rotatable bonds is 6. The summed E-state index contributed by atoms with van der Waals surface area (Å²) in [6.45, 7) is 8.53. The van der Waals surface area contributed by atoms with Gasteiger partial charge < -0.3 is 10.6 Å². The Bertz CT molecular complexity index is 251. The van der Waals surface area contributed by atoms with Gasteiger partial charge >= 0.3 is 0 Å². The lowest BCUT2D eigenvalue weighted by Crippen LogP contribution is -2.50. The van der Waals surface area contributed by atoms with Crippen LogP contribution < -0.4 is 10.6 Å². The molecule has 1 amide bonds. The van der Waals surface area contributed by atoms with Crippen molar-refractivity contribution in [1.82, 2.24) is 10.6 Å². The van der Waals surface area contributed by atoms with Crippen molar-refractivity contribution < 1.29 is 4.79 Å². The molecule has 1 rings (SSSR count). The lowest BCUT2D eigenvalue weighted by molar-refractivity contribution is -0.123. The number of nitrogens with one attached hydrogen (secondary N) is 2. The third kappa shape index (κ3) is 4.97. The molecule has 0 saturated heterocycles. The molecule has 0 aromatic carbocycles. The molecule has 1 fully saturated rings. The molecule has 3 atom stereocenters. The second-order valence-electron chi connectivity index (χ2n) is 5.88. The van der Waals surface area contributed by atoms with Gasteiger partial charge in [0.1, 0.15) is 0 Å². The van der Waals surface area contributed by atoms with E-state index >= 15 is 0 Å². The molecule has 3 unspecified atom stereocenters. The van der Waals surface area contributed by atoms with Gasteiger partial charge in [-0.1, -0.05) is 33.6 Å². The van der Waals surface area contributed by atoms with Crippen LogP contribution in [0.25, 0.3) is 0 Å². The highest BCUT2D eigenvalue weighted by Crippen LogP contribution is 2.23. The van der Waals surface area contributed by atoms with Gasteiger partial charge in [-0.05, 0) is 38.5 Å². The van der Waals surface area contributed by atoms with E-state index in [0.29, 0.717) is 12.1 Å². The third-order valence-corrected chi connectivity index (χ3v) is 4.15. The first-order valence-corrected chi connectivity index (χ1v) is 7.63. The normalized spacial score (nSPS) is 26.1. The topological polar surface area (TPSA) is 41.1 Å². The van der Waals surface area contributed by atoms with Gasteiger partial charge in [0.05, 0.1) is 6.04 Å². The minimum atomic E-state index is -0.0686. The Morgan fingerprint density at radius 1 is 1.28 bits per heavy atom. The molecule has 3 nitrogen and oxygen atoms in total. The van der Waals surface area contributed by atoms with Crippen molar-refractivity contribution in [2.24, 2.45) is 5.92 Å². The molecule has 0 aromatic rings. The second kappa shape index (κ2) is 7.78. The number of carbonyl (C=O) groups is 1. The molecule has 18 heavy (non-hydrogen) atoms. The van der Waals surface area contributed by atoms with Gasteiger partial charge in [0, 0.05) is 12.1 Å². The Morgan fingerprint density at radius 2 is 1.94 bits per heavy atom. The van der Waals surface area contributed by atoms with Gasteiger partial charge in [0.25, 0.3) is 0 Å². The van der Waals surface area contributed by atoms with Crippen molar-refractivity contribution in [2.45, 2.75) is 84.3 Å². The van der Waals surface area contributed by atoms with E-state index in [4.69, 9.17) is 0 Å². The lowest BCUT2D eigenvalue weighted by Gasteiger charge is -2.30. The van der Waals surface area contributed by atoms with Crippen molar-refractivity contribution >= 4 is 5.91 Å².